The van der Waals surface area contributed by atoms with Gasteiger partial charge in [-0.05, 0) is 12.1 Å². The van der Waals surface area contributed by atoms with Crippen molar-refractivity contribution >= 4 is 0 Å². The summed E-state index contributed by atoms with van der Waals surface area (Å²) in [5, 5.41) is 16.6. The third-order valence-electron chi connectivity index (χ3n) is 1.96. The molecule has 0 unspecified atom stereocenters. The molecular formula is C9H11N3O2. The molecule has 0 spiro atoms. The molecule has 0 radical (unpaired) electrons. The second kappa shape index (κ2) is 3.63. The van der Waals surface area contributed by atoms with Crippen LogP contribution in [-0.4, -0.2) is 19.9 Å². The molecule has 2 aromatic rings. The van der Waals surface area contributed by atoms with Crippen LogP contribution in [0.15, 0.2) is 22.7 Å². The maximum atomic E-state index is 9.00. The fraction of sp³-hybridized carbons (Fsp3) is 0.333. The molecule has 74 valence electrons. The molecule has 0 saturated carbocycles. The van der Waals surface area contributed by atoms with Crippen LogP contribution >= 0.6 is 0 Å². The Morgan fingerprint density at radius 3 is 3.00 bits per heavy atom. The van der Waals surface area contributed by atoms with Gasteiger partial charge in [0.2, 0.25) is 11.8 Å². The number of aryl methyl sites for hydroxylation is 1. The van der Waals surface area contributed by atoms with E-state index in [1.165, 1.54) is 0 Å². The van der Waals surface area contributed by atoms with Crippen LogP contribution in [0.4, 0.5) is 0 Å². The standard InChI is InChI=1S/C9H11N3O2/c1-7-10-11-9(14-7)5-12-4-2-3-8(12)6-13/h2-4,13H,5-6H2,1H3. The SMILES string of the molecule is Cc1nnc(Cn2cccc2CO)o1. The third-order valence-corrected chi connectivity index (χ3v) is 1.96. The van der Waals surface area contributed by atoms with Gasteiger partial charge in [0, 0.05) is 18.8 Å². The summed E-state index contributed by atoms with van der Waals surface area (Å²) in [7, 11) is 0. The number of aromatic nitrogens is 3. The Balaban J connectivity index is 2.18. The molecule has 2 aromatic heterocycles. The molecule has 14 heavy (non-hydrogen) atoms. The molecule has 5 nitrogen and oxygen atoms in total. The first-order valence-electron chi connectivity index (χ1n) is 4.33. The number of aliphatic hydroxyl groups excluding tert-OH is 1. The second-order valence-corrected chi connectivity index (χ2v) is 3.00. The van der Waals surface area contributed by atoms with E-state index in [-0.39, 0.29) is 6.61 Å². The van der Waals surface area contributed by atoms with Crippen LogP contribution < -0.4 is 0 Å². The smallest absolute Gasteiger partial charge is 0.236 e. The summed E-state index contributed by atoms with van der Waals surface area (Å²) in [6.45, 7) is 2.27. The zero-order valence-electron chi connectivity index (χ0n) is 7.84. The summed E-state index contributed by atoms with van der Waals surface area (Å²) in [4.78, 5) is 0. The molecule has 0 aliphatic heterocycles. The van der Waals surface area contributed by atoms with E-state index in [0.29, 0.717) is 18.3 Å². The number of aliphatic hydroxyl groups is 1. The molecule has 2 rings (SSSR count). The van der Waals surface area contributed by atoms with E-state index in [9.17, 15) is 0 Å². The quantitative estimate of drug-likeness (QED) is 0.780. The van der Waals surface area contributed by atoms with E-state index in [2.05, 4.69) is 10.2 Å². The first-order valence-corrected chi connectivity index (χ1v) is 4.33. The van der Waals surface area contributed by atoms with Crippen LogP contribution in [-0.2, 0) is 13.2 Å². The maximum Gasteiger partial charge on any atom is 0.236 e. The van der Waals surface area contributed by atoms with Crippen LogP contribution in [0.25, 0.3) is 0 Å². The summed E-state index contributed by atoms with van der Waals surface area (Å²) < 4.78 is 7.10. The van der Waals surface area contributed by atoms with Crippen LogP contribution in [0.3, 0.4) is 0 Å². The summed E-state index contributed by atoms with van der Waals surface area (Å²) in [6.07, 6.45) is 1.87. The highest BCUT2D eigenvalue weighted by Gasteiger charge is 2.05. The van der Waals surface area contributed by atoms with Gasteiger partial charge in [-0.3, -0.25) is 0 Å². The fourth-order valence-electron chi connectivity index (χ4n) is 1.29. The molecular weight excluding hydrogens is 182 g/mol. The van der Waals surface area contributed by atoms with Crippen LogP contribution in [0, 0.1) is 6.92 Å². The molecule has 0 aromatic carbocycles. The first-order chi connectivity index (χ1) is 6.79. The second-order valence-electron chi connectivity index (χ2n) is 3.00. The molecule has 0 aliphatic rings. The van der Waals surface area contributed by atoms with Gasteiger partial charge in [0.15, 0.2) is 0 Å². The molecule has 5 heteroatoms. The molecule has 0 fully saturated rings. The zero-order valence-corrected chi connectivity index (χ0v) is 7.84. The van der Waals surface area contributed by atoms with Crippen molar-refractivity contribution in [1.82, 2.24) is 14.8 Å². The van der Waals surface area contributed by atoms with Gasteiger partial charge in [-0.25, -0.2) is 0 Å². The summed E-state index contributed by atoms with van der Waals surface area (Å²) >= 11 is 0. The van der Waals surface area contributed by atoms with Crippen molar-refractivity contribution in [2.75, 3.05) is 0 Å². The van der Waals surface area contributed by atoms with E-state index in [4.69, 9.17) is 9.52 Å². The summed E-state index contributed by atoms with van der Waals surface area (Å²) in [6, 6.07) is 3.72. The Labute approximate surface area is 81.0 Å². The molecule has 0 saturated heterocycles. The molecule has 2 heterocycles. The molecule has 1 N–H and O–H groups in total. The lowest BCUT2D eigenvalue weighted by atomic mass is 10.4. The van der Waals surface area contributed by atoms with Crippen LogP contribution in [0.5, 0.6) is 0 Å². The third kappa shape index (κ3) is 1.67. The van der Waals surface area contributed by atoms with Gasteiger partial charge in [-0.1, -0.05) is 0 Å². The number of hydrogen-bond donors (Lipinski definition) is 1. The van der Waals surface area contributed by atoms with Crippen molar-refractivity contribution in [1.29, 1.82) is 0 Å². The van der Waals surface area contributed by atoms with Gasteiger partial charge >= 0.3 is 0 Å². The summed E-state index contributed by atoms with van der Waals surface area (Å²) in [5.41, 5.74) is 0.834. The molecule has 0 aliphatic carbocycles. The lowest BCUT2D eigenvalue weighted by Gasteiger charge is -2.02. The van der Waals surface area contributed by atoms with Crippen molar-refractivity contribution in [3.05, 3.63) is 35.8 Å². The Kier molecular flexibility index (Phi) is 2.32. The minimum Gasteiger partial charge on any atom is -0.424 e. The first kappa shape index (κ1) is 8.96. The topological polar surface area (TPSA) is 64.1 Å². The van der Waals surface area contributed by atoms with E-state index >= 15 is 0 Å². The minimum absolute atomic E-state index is 0.0140. The maximum absolute atomic E-state index is 9.00. The van der Waals surface area contributed by atoms with Gasteiger partial charge in [0.25, 0.3) is 0 Å². The van der Waals surface area contributed by atoms with Crippen molar-refractivity contribution in [3.63, 3.8) is 0 Å². The van der Waals surface area contributed by atoms with E-state index in [1.54, 1.807) is 6.92 Å². The van der Waals surface area contributed by atoms with Crippen molar-refractivity contribution in [2.24, 2.45) is 0 Å². The van der Waals surface area contributed by atoms with Gasteiger partial charge in [0.1, 0.15) is 6.54 Å². The lowest BCUT2D eigenvalue weighted by molar-refractivity contribution is 0.270. The highest BCUT2D eigenvalue weighted by molar-refractivity contribution is 5.07. The van der Waals surface area contributed by atoms with E-state index in [1.807, 2.05) is 22.9 Å². The largest absolute Gasteiger partial charge is 0.424 e. The number of rotatable bonds is 3. The Bertz CT molecular complexity index is 419. The Morgan fingerprint density at radius 2 is 2.36 bits per heavy atom. The lowest BCUT2D eigenvalue weighted by Crippen LogP contribution is -2.03. The summed E-state index contributed by atoms with van der Waals surface area (Å²) in [5.74, 6) is 1.10. The van der Waals surface area contributed by atoms with Crippen molar-refractivity contribution < 1.29 is 9.52 Å². The molecule has 0 amide bonds. The highest BCUT2D eigenvalue weighted by atomic mass is 16.4. The van der Waals surface area contributed by atoms with Gasteiger partial charge < -0.3 is 14.1 Å². The van der Waals surface area contributed by atoms with E-state index in [0.717, 1.165) is 5.69 Å². The highest BCUT2D eigenvalue weighted by Crippen LogP contribution is 2.06. The Hall–Kier alpha value is -1.62. The predicted octanol–water partition coefficient (Wildman–Crippen LogP) is 0.720. The monoisotopic (exact) mass is 193 g/mol. The fourth-order valence-corrected chi connectivity index (χ4v) is 1.29. The average molecular weight is 193 g/mol. The zero-order chi connectivity index (χ0) is 9.97. The number of hydrogen-bond acceptors (Lipinski definition) is 4. The van der Waals surface area contributed by atoms with Gasteiger partial charge in [-0.2, -0.15) is 0 Å². The molecule has 0 bridgehead atoms. The molecule has 0 atom stereocenters. The normalized spacial score (nSPS) is 10.7. The number of nitrogens with zero attached hydrogens (tertiary/aromatic N) is 3. The predicted molar refractivity (Wildman–Crippen MR) is 48.5 cm³/mol. The average Bonchev–Trinajstić information content (AvgIpc) is 2.76. The van der Waals surface area contributed by atoms with Crippen LogP contribution in [0.2, 0.25) is 0 Å². The van der Waals surface area contributed by atoms with E-state index < -0.39 is 0 Å². The van der Waals surface area contributed by atoms with Crippen molar-refractivity contribution in [3.8, 4) is 0 Å². The van der Waals surface area contributed by atoms with Crippen LogP contribution in [0.1, 0.15) is 17.5 Å². The van der Waals surface area contributed by atoms with Crippen molar-refractivity contribution in [2.45, 2.75) is 20.1 Å². The van der Waals surface area contributed by atoms with Gasteiger partial charge in [-0.15, -0.1) is 10.2 Å². The minimum atomic E-state index is 0.0140. The Morgan fingerprint density at radius 1 is 1.50 bits per heavy atom. The van der Waals surface area contributed by atoms with Gasteiger partial charge in [0.05, 0.1) is 6.61 Å².